The molecule has 1 aromatic rings. The molecule has 1 rings (SSSR count). The molecule has 11 heavy (non-hydrogen) atoms. The Balaban J connectivity index is 0.000001000. The molecule has 0 saturated heterocycles. The fourth-order valence-corrected chi connectivity index (χ4v) is 0.762. The maximum atomic E-state index is 11.7. The first-order chi connectivity index (χ1) is 4.84. The highest BCUT2D eigenvalue weighted by Gasteiger charge is 2.06. The molecule has 0 aliphatic heterocycles. The molecule has 1 aromatic heterocycles. The standard InChI is InChI=1S/C7H10FNO.ClH/c8-4-3-6(9)7-2-1-5-10-7;/h1-2,5-6H,3-4,9H2;1H/t6-;/m0./s1. The van der Waals surface area contributed by atoms with E-state index in [-0.39, 0.29) is 18.4 Å². The Labute approximate surface area is 71.0 Å². The summed E-state index contributed by atoms with van der Waals surface area (Å²) in [4.78, 5) is 0. The van der Waals surface area contributed by atoms with E-state index >= 15 is 0 Å². The molecule has 0 saturated carbocycles. The summed E-state index contributed by atoms with van der Waals surface area (Å²) in [7, 11) is 0. The van der Waals surface area contributed by atoms with E-state index in [9.17, 15) is 4.39 Å². The second-order valence-electron chi connectivity index (χ2n) is 2.10. The molecule has 2 nitrogen and oxygen atoms in total. The Morgan fingerprint density at radius 2 is 2.36 bits per heavy atom. The van der Waals surface area contributed by atoms with Crippen LogP contribution in [-0.4, -0.2) is 6.67 Å². The smallest absolute Gasteiger partial charge is 0.120 e. The molecule has 1 heterocycles. The van der Waals surface area contributed by atoms with E-state index in [0.717, 1.165) is 0 Å². The van der Waals surface area contributed by atoms with Crippen molar-refractivity contribution in [2.75, 3.05) is 6.67 Å². The van der Waals surface area contributed by atoms with Gasteiger partial charge in [0.15, 0.2) is 0 Å². The van der Waals surface area contributed by atoms with Crippen molar-refractivity contribution in [2.24, 2.45) is 5.73 Å². The number of nitrogens with two attached hydrogens (primary N) is 1. The lowest BCUT2D eigenvalue weighted by molar-refractivity contribution is 0.397. The van der Waals surface area contributed by atoms with Crippen LogP contribution in [0.15, 0.2) is 22.8 Å². The normalized spacial score (nSPS) is 12.2. The molecule has 64 valence electrons. The predicted octanol–water partition coefficient (Wildman–Crippen LogP) is 2.06. The van der Waals surface area contributed by atoms with Crippen LogP contribution in [0.1, 0.15) is 18.2 Å². The maximum absolute atomic E-state index is 11.7. The van der Waals surface area contributed by atoms with Crippen molar-refractivity contribution in [3.05, 3.63) is 24.2 Å². The second-order valence-corrected chi connectivity index (χ2v) is 2.10. The number of hydrogen-bond donors (Lipinski definition) is 1. The van der Waals surface area contributed by atoms with Gasteiger partial charge in [-0.15, -0.1) is 12.4 Å². The average molecular weight is 180 g/mol. The Bertz CT molecular complexity index is 179. The summed E-state index contributed by atoms with van der Waals surface area (Å²) in [5, 5.41) is 0. The molecule has 0 aromatic carbocycles. The number of furan rings is 1. The summed E-state index contributed by atoms with van der Waals surface area (Å²) in [6, 6.07) is 3.20. The van der Waals surface area contributed by atoms with Crippen LogP contribution in [0, 0.1) is 0 Å². The fraction of sp³-hybridized carbons (Fsp3) is 0.429. The molecule has 0 aliphatic rings. The molecular formula is C7H11ClFNO. The highest BCUT2D eigenvalue weighted by Crippen LogP contribution is 2.13. The summed E-state index contributed by atoms with van der Waals surface area (Å²) in [6.07, 6.45) is 1.86. The van der Waals surface area contributed by atoms with Crippen LogP contribution in [0.4, 0.5) is 4.39 Å². The molecule has 0 radical (unpaired) electrons. The monoisotopic (exact) mass is 179 g/mol. The van der Waals surface area contributed by atoms with E-state index in [0.29, 0.717) is 12.2 Å². The molecule has 0 spiro atoms. The SMILES string of the molecule is Cl.N[C@@H](CCF)c1ccco1. The van der Waals surface area contributed by atoms with Gasteiger partial charge in [0.25, 0.3) is 0 Å². The topological polar surface area (TPSA) is 39.2 Å². The van der Waals surface area contributed by atoms with Gasteiger partial charge in [0.2, 0.25) is 0 Å². The van der Waals surface area contributed by atoms with Gasteiger partial charge in [0, 0.05) is 0 Å². The summed E-state index contributed by atoms with van der Waals surface area (Å²) in [5.74, 6) is 0.651. The summed E-state index contributed by atoms with van der Waals surface area (Å²) >= 11 is 0. The highest BCUT2D eigenvalue weighted by molar-refractivity contribution is 5.85. The van der Waals surface area contributed by atoms with Gasteiger partial charge < -0.3 is 10.2 Å². The predicted molar refractivity (Wildman–Crippen MR) is 43.5 cm³/mol. The van der Waals surface area contributed by atoms with E-state index in [1.165, 1.54) is 6.26 Å². The minimum Gasteiger partial charge on any atom is -0.468 e. The molecule has 1 atom stereocenters. The zero-order chi connectivity index (χ0) is 7.40. The molecule has 0 fully saturated rings. The van der Waals surface area contributed by atoms with Gasteiger partial charge in [-0.3, -0.25) is 4.39 Å². The lowest BCUT2D eigenvalue weighted by Gasteiger charge is -2.03. The quantitative estimate of drug-likeness (QED) is 0.772. The van der Waals surface area contributed by atoms with Gasteiger partial charge in [0.05, 0.1) is 19.0 Å². The van der Waals surface area contributed by atoms with Crippen LogP contribution in [0.25, 0.3) is 0 Å². The van der Waals surface area contributed by atoms with Crippen LogP contribution < -0.4 is 5.73 Å². The zero-order valence-electron chi connectivity index (χ0n) is 6.00. The first-order valence-corrected chi connectivity index (χ1v) is 3.19. The number of rotatable bonds is 3. The van der Waals surface area contributed by atoms with Gasteiger partial charge in [-0.05, 0) is 18.6 Å². The van der Waals surface area contributed by atoms with Crippen LogP contribution in [-0.2, 0) is 0 Å². The largest absolute Gasteiger partial charge is 0.468 e. The lowest BCUT2D eigenvalue weighted by Crippen LogP contribution is -2.09. The third-order valence-corrected chi connectivity index (χ3v) is 1.33. The zero-order valence-corrected chi connectivity index (χ0v) is 6.81. The van der Waals surface area contributed by atoms with Gasteiger partial charge >= 0.3 is 0 Å². The van der Waals surface area contributed by atoms with Gasteiger partial charge in [-0.25, -0.2) is 0 Å². The van der Waals surface area contributed by atoms with Crippen molar-refractivity contribution >= 4 is 12.4 Å². The van der Waals surface area contributed by atoms with Crippen LogP contribution in [0.3, 0.4) is 0 Å². The molecule has 0 amide bonds. The van der Waals surface area contributed by atoms with Gasteiger partial charge in [-0.1, -0.05) is 0 Å². The minimum absolute atomic E-state index is 0. The second kappa shape index (κ2) is 5.16. The van der Waals surface area contributed by atoms with Crippen molar-refractivity contribution in [3.8, 4) is 0 Å². The van der Waals surface area contributed by atoms with Crippen LogP contribution in [0.2, 0.25) is 0 Å². The average Bonchev–Trinajstić information content (AvgIpc) is 2.38. The van der Waals surface area contributed by atoms with E-state index in [4.69, 9.17) is 10.2 Å². The van der Waals surface area contributed by atoms with Crippen molar-refractivity contribution in [1.29, 1.82) is 0 Å². The van der Waals surface area contributed by atoms with E-state index in [1.54, 1.807) is 12.1 Å². The first-order valence-electron chi connectivity index (χ1n) is 3.19. The third-order valence-electron chi connectivity index (χ3n) is 1.33. The van der Waals surface area contributed by atoms with Crippen molar-refractivity contribution in [3.63, 3.8) is 0 Å². The number of halogens is 2. The molecule has 0 unspecified atom stereocenters. The van der Waals surface area contributed by atoms with Gasteiger partial charge in [-0.2, -0.15) is 0 Å². The van der Waals surface area contributed by atoms with E-state index < -0.39 is 6.67 Å². The molecule has 0 bridgehead atoms. The minimum atomic E-state index is -0.401. The van der Waals surface area contributed by atoms with Crippen LogP contribution >= 0.6 is 12.4 Å². The molecule has 2 N–H and O–H groups in total. The van der Waals surface area contributed by atoms with Crippen molar-refractivity contribution in [2.45, 2.75) is 12.5 Å². The van der Waals surface area contributed by atoms with E-state index in [1.807, 2.05) is 0 Å². The summed E-state index contributed by atoms with van der Waals surface area (Å²) in [5.41, 5.74) is 5.52. The molecule has 4 heteroatoms. The Kier molecular flexibility index (Phi) is 4.90. The fourth-order valence-electron chi connectivity index (χ4n) is 0.762. The summed E-state index contributed by atoms with van der Waals surface area (Å²) in [6.45, 7) is -0.401. The highest BCUT2D eigenvalue weighted by atomic mass is 35.5. The Hall–Kier alpha value is -0.540. The van der Waals surface area contributed by atoms with Crippen molar-refractivity contribution < 1.29 is 8.81 Å². The third kappa shape index (κ3) is 2.91. The molecule has 0 aliphatic carbocycles. The van der Waals surface area contributed by atoms with E-state index in [2.05, 4.69) is 0 Å². The number of alkyl halides is 1. The molecular weight excluding hydrogens is 169 g/mol. The Morgan fingerprint density at radius 3 is 2.82 bits per heavy atom. The van der Waals surface area contributed by atoms with Crippen LogP contribution in [0.5, 0.6) is 0 Å². The first kappa shape index (κ1) is 10.5. The number of hydrogen-bond acceptors (Lipinski definition) is 2. The maximum Gasteiger partial charge on any atom is 0.120 e. The Morgan fingerprint density at radius 1 is 1.64 bits per heavy atom. The van der Waals surface area contributed by atoms with Crippen molar-refractivity contribution in [1.82, 2.24) is 0 Å². The lowest BCUT2D eigenvalue weighted by atomic mass is 10.2. The van der Waals surface area contributed by atoms with Gasteiger partial charge in [0.1, 0.15) is 5.76 Å². The summed E-state index contributed by atoms with van der Waals surface area (Å²) < 4.78 is 16.7.